The van der Waals surface area contributed by atoms with Gasteiger partial charge >= 0.3 is 0 Å². The lowest BCUT2D eigenvalue weighted by Gasteiger charge is -2.17. The molecule has 3 heteroatoms. The molecule has 0 radical (unpaired) electrons. The van der Waals surface area contributed by atoms with Crippen LogP contribution >= 0.6 is 11.6 Å². The molecule has 0 saturated carbocycles. The first kappa shape index (κ1) is 9.76. The van der Waals surface area contributed by atoms with Crippen LogP contribution in [0.15, 0.2) is 0 Å². The van der Waals surface area contributed by atoms with Crippen molar-refractivity contribution in [3.63, 3.8) is 0 Å². The molecule has 2 nitrogen and oxygen atoms in total. The summed E-state index contributed by atoms with van der Waals surface area (Å²) in [4.78, 5) is 10.6. The van der Waals surface area contributed by atoms with Crippen molar-refractivity contribution in [2.75, 3.05) is 12.4 Å². The summed E-state index contributed by atoms with van der Waals surface area (Å²) < 4.78 is 0. The van der Waals surface area contributed by atoms with E-state index in [1.807, 2.05) is 0 Å². The van der Waals surface area contributed by atoms with Crippen LogP contribution in [0.1, 0.15) is 20.8 Å². The maximum Gasteiger partial charge on any atom is 0.234 e. The lowest BCUT2D eigenvalue weighted by Crippen LogP contribution is -2.32. The fraction of sp³-hybridized carbons (Fsp3) is 0.857. The Balaban J connectivity index is 3.46. The van der Waals surface area contributed by atoms with Crippen molar-refractivity contribution in [3.05, 3.63) is 0 Å². The number of rotatable bonds is 2. The van der Waals surface area contributed by atoms with E-state index in [1.54, 1.807) is 0 Å². The largest absolute Gasteiger partial charge is 0.355 e. The summed E-state index contributed by atoms with van der Waals surface area (Å²) in [6, 6.07) is 0. The van der Waals surface area contributed by atoms with Crippen LogP contribution in [-0.4, -0.2) is 18.3 Å². The van der Waals surface area contributed by atoms with E-state index in [1.165, 1.54) is 0 Å². The number of halogens is 1. The third-order valence-corrected chi connectivity index (χ3v) is 1.18. The normalized spacial score (nSPS) is 11.2. The summed E-state index contributed by atoms with van der Waals surface area (Å²) in [6.45, 7) is 6.85. The van der Waals surface area contributed by atoms with Gasteiger partial charge in [-0.25, -0.2) is 0 Å². The maximum atomic E-state index is 10.6. The molecule has 0 heterocycles. The molecular formula is C7H14ClNO. The van der Waals surface area contributed by atoms with Gasteiger partial charge in [0.1, 0.15) is 5.88 Å². The van der Waals surface area contributed by atoms with Crippen molar-refractivity contribution in [2.45, 2.75) is 20.8 Å². The van der Waals surface area contributed by atoms with Gasteiger partial charge in [0, 0.05) is 6.54 Å². The third kappa shape index (κ3) is 5.89. The van der Waals surface area contributed by atoms with Gasteiger partial charge in [-0.05, 0) is 5.41 Å². The number of hydrogen-bond donors (Lipinski definition) is 1. The zero-order valence-corrected chi connectivity index (χ0v) is 7.46. The lowest BCUT2D eigenvalue weighted by atomic mass is 9.97. The van der Waals surface area contributed by atoms with Gasteiger partial charge in [-0.1, -0.05) is 20.8 Å². The Morgan fingerprint density at radius 3 is 2.30 bits per heavy atom. The van der Waals surface area contributed by atoms with Crippen LogP contribution in [0.5, 0.6) is 0 Å². The molecule has 0 rings (SSSR count). The first-order chi connectivity index (χ1) is 4.45. The Bertz CT molecular complexity index is 117. The molecule has 0 aliphatic heterocycles. The molecule has 0 aromatic carbocycles. The smallest absolute Gasteiger partial charge is 0.234 e. The van der Waals surface area contributed by atoms with E-state index in [2.05, 4.69) is 26.1 Å². The van der Waals surface area contributed by atoms with Gasteiger partial charge in [0.25, 0.3) is 0 Å². The van der Waals surface area contributed by atoms with E-state index in [9.17, 15) is 4.79 Å². The van der Waals surface area contributed by atoms with E-state index in [0.29, 0.717) is 6.54 Å². The zero-order chi connectivity index (χ0) is 8.20. The second-order valence-corrected chi connectivity index (χ2v) is 3.74. The van der Waals surface area contributed by atoms with Gasteiger partial charge in [-0.15, -0.1) is 11.6 Å². The van der Waals surface area contributed by atoms with Crippen molar-refractivity contribution in [3.8, 4) is 0 Å². The standard InChI is InChI=1S/C7H14ClNO/c1-7(2,3)5-9-6(10)4-8/h4-5H2,1-3H3,(H,9,10). The first-order valence-electron chi connectivity index (χ1n) is 3.28. The van der Waals surface area contributed by atoms with Gasteiger partial charge in [-0.2, -0.15) is 0 Å². The minimum absolute atomic E-state index is 0.0517. The zero-order valence-electron chi connectivity index (χ0n) is 6.70. The minimum Gasteiger partial charge on any atom is -0.355 e. The molecular weight excluding hydrogens is 150 g/mol. The van der Waals surface area contributed by atoms with Crippen LogP contribution in [0.3, 0.4) is 0 Å². The second-order valence-electron chi connectivity index (χ2n) is 3.47. The minimum atomic E-state index is -0.100. The highest BCUT2D eigenvalue weighted by Gasteiger charge is 2.10. The van der Waals surface area contributed by atoms with E-state index in [0.717, 1.165) is 0 Å². The van der Waals surface area contributed by atoms with Crippen molar-refractivity contribution in [2.24, 2.45) is 5.41 Å². The van der Waals surface area contributed by atoms with Crippen molar-refractivity contribution in [1.29, 1.82) is 0 Å². The quantitative estimate of drug-likeness (QED) is 0.613. The Labute approximate surface area is 66.9 Å². The molecule has 1 amide bonds. The van der Waals surface area contributed by atoms with E-state index < -0.39 is 0 Å². The number of nitrogens with one attached hydrogen (secondary N) is 1. The van der Waals surface area contributed by atoms with Crippen molar-refractivity contribution < 1.29 is 4.79 Å². The highest BCUT2D eigenvalue weighted by Crippen LogP contribution is 2.09. The average Bonchev–Trinajstić information content (AvgIpc) is 1.81. The average molecular weight is 164 g/mol. The highest BCUT2D eigenvalue weighted by molar-refractivity contribution is 6.27. The van der Waals surface area contributed by atoms with Gasteiger partial charge in [0.15, 0.2) is 0 Å². The van der Waals surface area contributed by atoms with Crippen LogP contribution in [-0.2, 0) is 4.79 Å². The van der Waals surface area contributed by atoms with Gasteiger partial charge in [-0.3, -0.25) is 4.79 Å². The fourth-order valence-electron chi connectivity index (χ4n) is 0.411. The Morgan fingerprint density at radius 1 is 1.50 bits per heavy atom. The third-order valence-electron chi connectivity index (χ3n) is 0.937. The van der Waals surface area contributed by atoms with E-state index in [-0.39, 0.29) is 17.2 Å². The molecule has 0 aromatic rings. The van der Waals surface area contributed by atoms with Crippen LogP contribution in [0.2, 0.25) is 0 Å². The summed E-state index contributed by atoms with van der Waals surface area (Å²) in [5.41, 5.74) is 0.141. The van der Waals surface area contributed by atoms with Crippen LogP contribution in [0, 0.1) is 5.41 Å². The summed E-state index contributed by atoms with van der Waals surface area (Å²) in [6.07, 6.45) is 0. The molecule has 60 valence electrons. The first-order valence-corrected chi connectivity index (χ1v) is 3.82. The van der Waals surface area contributed by atoms with Crippen molar-refractivity contribution in [1.82, 2.24) is 5.32 Å². The number of alkyl halides is 1. The van der Waals surface area contributed by atoms with Gasteiger partial charge < -0.3 is 5.32 Å². The highest BCUT2D eigenvalue weighted by atomic mass is 35.5. The SMILES string of the molecule is CC(C)(C)CNC(=O)CCl. The monoisotopic (exact) mass is 163 g/mol. The van der Waals surface area contributed by atoms with Gasteiger partial charge in [0.2, 0.25) is 5.91 Å². The Morgan fingerprint density at radius 2 is 2.00 bits per heavy atom. The van der Waals surface area contributed by atoms with Crippen LogP contribution in [0.25, 0.3) is 0 Å². The maximum absolute atomic E-state index is 10.6. The molecule has 0 aliphatic carbocycles. The molecule has 0 saturated heterocycles. The molecule has 0 unspecified atom stereocenters. The number of carbonyl (C=O) groups is 1. The van der Waals surface area contributed by atoms with Crippen LogP contribution in [0.4, 0.5) is 0 Å². The topological polar surface area (TPSA) is 29.1 Å². The molecule has 0 atom stereocenters. The van der Waals surface area contributed by atoms with Crippen LogP contribution < -0.4 is 5.32 Å². The fourth-order valence-corrected chi connectivity index (χ4v) is 0.505. The number of hydrogen-bond acceptors (Lipinski definition) is 1. The number of carbonyl (C=O) groups excluding carboxylic acids is 1. The predicted molar refractivity (Wildman–Crippen MR) is 43.2 cm³/mol. The van der Waals surface area contributed by atoms with E-state index >= 15 is 0 Å². The molecule has 10 heavy (non-hydrogen) atoms. The van der Waals surface area contributed by atoms with E-state index in [4.69, 9.17) is 11.6 Å². The molecule has 0 spiro atoms. The Hall–Kier alpha value is -0.240. The van der Waals surface area contributed by atoms with Crippen molar-refractivity contribution >= 4 is 17.5 Å². The van der Waals surface area contributed by atoms with Gasteiger partial charge in [0.05, 0.1) is 0 Å². The Kier molecular flexibility index (Phi) is 3.72. The summed E-state index contributed by atoms with van der Waals surface area (Å²) in [5.74, 6) is -0.0487. The summed E-state index contributed by atoms with van der Waals surface area (Å²) >= 11 is 5.27. The number of amides is 1. The lowest BCUT2D eigenvalue weighted by molar-refractivity contribution is -0.119. The summed E-state index contributed by atoms with van der Waals surface area (Å²) in [5, 5.41) is 2.70. The summed E-state index contributed by atoms with van der Waals surface area (Å²) in [7, 11) is 0. The second kappa shape index (κ2) is 3.81. The molecule has 0 fully saturated rings. The predicted octanol–water partition coefficient (Wildman–Crippen LogP) is 1.39. The molecule has 0 aliphatic rings. The molecule has 1 N–H and O–H groups in total. The molecule has 0 bridgehead atoms. The molecule has 0 aromatic heterocycles.